The summed E-state index contributed by atoms with van der Waals surface area (Å²) in [6.45, 7) is 1.91. The van der Waals surface area contributed by atoms with E-state index in [4.69, 9.17) is 11.1 Å². The van der Waals surface area contributed by atoms with Gasteiger partial charge < -0.3 is 5.73 Å². The number of fused-ring (bicyclic) bond motifs is 1. The highest BCUT2D eigenvalue weighted by Gasteiger charge is 2.06. The monoisotopic (exact) mass is 311 g/mol. The van der Waals surface area contributed by atoms with Crippen molar-refractivity contribution in [2.45, 2.75) is 6.92 Å². The molecule has 0 amide bonds. The largest absolute Gasteiger partial charge is 0.384 e. The van der Waals surface area contributed by atoms with Crippen molar-refractivity contribution >= 4 is 39.3 Å². The van der Waals surface area contributed by atoms with Crippen molar-refractivity contribution in [1.82, 2.24) is 4.98 Å². The third kappa shape index (κ3) is 1.94. The molecule has 0 unspecified atom stereocenters. The number of aromatic nitrogens is 1. The first kappa shape index (κ1) is 10.4. The maximum Gasteiger partial charge on any atom is 0.123 e. The van der Waals surface area contributed by atoms with Gasteiger partial charge in [0.1, 0.15) is 5.84 Å². The molecule has 3 nitrogen and oxygen atoms in total. The van der Waals surface area contributed by atoms with Crippen LogP contribution in [0.2, 0.25) is 0 Å². The first-order chi connectivity index (χ1) is 7.08. The number of hydrogen-bond donors (Lipinski definition) is 2. The molecule has 4 heteroatoms. The minimum Gasteiger partial charge on any atom is -0.384 e. The average Bonchev–Trinajstić information content (AvgIpc) is 2.17. The summed E-state index contributed by atoms with van der Waals surface area (Å²) in [5.41, 5.74) is 8.08. The van der Waals surface area contributed by atoms with Crippen molar-refractivity contribution in [3.05, 3.63) is 39.1 Å². The number of nitrogens with one attached hydrogen (secondary N) is 1. The summed E-state index contributed by atoms with van der Waals surface area (Å²) in [6.07, 6.45) is 0. The summed E-state index contributed by atoms with van der Waals surface area (Å²) in [7, 11) is 0. The Bertz CT molecular complexity index is 549. The fourth-order valence-electron chi connectivity index (χ4n) is 1.55. The molecule has 1 aromatic carbocycles. The number of benzene rings is 1. The zero-order chi connectivity index (χ0) is 11.0. The Kier molecular flexibility index (Phi) is 2.60. The maximum atomic E-state index is 7.53. The van der Waals surface area contributed by atoms with Crippen LogP contribution in [0.25, 0.3) is 10.9 Å². The molecule has 0 saturated carbocycles. The van der Waals surface area contributed by atoms with E-state index in [1.165, 1.54) is 0 Å². The van der Waals surface area contributed by atoms with Crippen molar-refractivity contribution < 1.29 is 0 Å². The molecule has 2 aromatic rings. The first-order valence-corrected chi connectivity index (χ1v) is 5.57. The summed E-state index contributed by atoms with van der Waals surface area (Å²) in [6, 6.07) is 7.80. The van der Waals surface area contributed by atoms with Crippen molar-refractivity contribution in [3.63, 3.8) is 0 Å². The van der Waals surface area contributed by atoms with Crippen molar-refractivity contribution in [2.75, 3.05) is 0 Å². The van der Waals surface area contributed by atoms with Crippen LogP contribution in [0, 0.1) is 15.9 Å². The van der Waals surface area contributed by atoms with Crippen LogP contribution in [0.4, 0.5) is 0 Å². The molecule has 0 radical (unpaired) electrons. The van der Waals surface area contributed by atoms with E-state index in [1.54, 1.807) is 0 Å². The van der Waals surface area contributed by atoms with E-state index in [0.29, 0.717) is 0 Å². The Labute approximate surface area is 101 Å². The summed E-state index contributed by atoms with van der Waals surface area (Å²) in [5, 5.41) is 8.48. The number of amidine groups is 1. The van der Waals surface area contributed by atoms with Crippen LogP contribution < -0.4 is 5.73 Å². The highest BCUT2D eigenvalue weighted by Crippen LogP contribution is 2.20. The number of nitrogens with two attached hydrogens (primary N) is 1. The lowest BCUT2D eigenvalue weighted by Crippen LogP contribution is -2.12. The molecule has 1 heterocycles. The van der Waals surface area contributed by atoms with Gasteiger partial charge >= 0.3 is 0 Å². The summed E-state index contributed by atoms with van der Waals surface area (Å²) in [5.74, 6) is 0.0903. The van der Waals surface area contributed by atoms with Crippen LogP contribution >= 0.6 is 22.6 Å². The third-order valence-corrected chi connectivity index (χ3v) is 2.86. The Hall–Kier alpha value is -1.17. The quantitative estimate of drug-likeness (QED) is 0.483. The molecule has 0 spiro atoms. The maximum absolute atomic E-state index is 7.53. The Morgan fingerprint density at radius 3 is 2.80 bits per heavy atom. The normalized spacial score (nSPS) is 10.5. The van der Waals surface area contributed by atoms with Gasteiger partial charge in [0.15, 0.2) is 0 Å². The molecule has 76 valence electrons. The number of pyridine rings is 1. The zero-order valence-corrected chi connectivity index (χ0v) is 10.4. The second-order valence-corrected chi connectivity index (χ2v) is 4.63. The van der Waals surface area contributed by atoms with Gasteiger partial charge in [0.25, 0.3) is 0 Å². The van der Waals surface area contributed by atoms with Gasteiger partial charge in [-0.15, -0.1) is 0 Å². The van der Waals surface area contributed by atoms with Crippen molar-refractivity contribution in [2.24, 2.45) is 5.73 Å². The fraction of sp³-hybridized carbons (Fsp3) is 0.0909. The van der Waals surface area contributed by atoms with Crippen molar-refractivity contribution in [1.29, 1.82) is 5.41 Å². The van der Waals surface area contributed by atoms with Crippen LogP contribution in [0.1, 0.15) is 11.3 Å². The third-order valence-electron chi connectivity index (χ3n) is 2.19. The number of nitrogen functional groups attached to an aromatic ring is 1. The van der Waals surface area contributed by atoms with Crippen LogP contribution in [0.5, 0.6) is 0 Å². The molecule has 0 saturated heterocycles. The van der Waals surface area contributed by atoms with E-state index in [1.807, 2.05) is 31.2 Å². The van der Waals surface area contributed by atoms with Crippen LogP contribution in [-0.4, -0.2) is 10.8 Å². The summed E-state index contributed by atoms with van der Waals surface area (Å²) >= 11 is 2.24. The van der Waals surface area contributed by atoms with Gasteiger partial charge in [0.05, 0.1) is 5.52 Å². The van der Waals surface area contributed by atoms with E-state index in [9.17, 15) is 0 Å². The predicted octanol–water partition coefficient (Wildman–Crippen LogP) is 2.43. The minimum absolute atomic E-state index is 0.0903. The lowest BCUT2D eigenvalue weighted by Gasteiger charge is -2.06. The van der Waals surface area contributed by atoms with Crippen molar-refractivity contribution in [3.8, 4) is 0 Å². The first-order valence-electron chi connectivity index (χ1n) is 4.49. The van der Waals surface area contributed by atoms with Gasteiger partial charge in [-0.3, -0.25) is 10.4 Å². The Morgan fingerprint density at radius 2 is 2.13 bits per heavy atom. The number of aryl methyl sites for hydroxylation is 1. The summed E-state index contributed by atoms with van der Waals surface area (Å²) < 4.78 is 1.12. The number of hydrogen-bond acceptors (Lipinski definition) is 2. The van der Waals surface area contributed by atoms with E-state index in [2.05, 4.69) is 27.6 Å². The number of rotatable bonds is 1. The van der Waals surface area contributed by atoms with E-state index < -0.39 is 0 Å². The lowest BCUT2D eigenvalue weighted by atomic mass is 10.1. The highest BCUT2D eigenvalue weighted by molar-refractivity contribution is 14.1. The second-order valence-electron chi connectivity index (χ2n) is 3.39. The van der Waals surface area contributed by atoms with Gasteiger partial charge in [0, 0.05) is 20.2 Å². The molecule has 1 aromatic heterocycles. The Balaban J connectivity index is 2.87. The number of halogens is 1. The molecule has 15 heavy (non-hydrogen) atoms. The van der Waals surface area contributed by atoms with Gasteiger partial charge in [-0.1, -0.05) is 0 Å². The molecule has 0 aliphatic heterocycles. The molecule has 0 aliphatic rings. The van der Waals surface area contributed by atoms with Gasteiger partial charge in [-0.05, 0) is 53.8 Å². The van der Waals surface area contributed by atoms with Gasteiger partial charge in [0.2, 0.25) is 0 Å². The fourth-order valence-corrected chi connectivity index (χ4v) is 2.04. The van der Waals surface area contributed by atoms with E-state index >= 15 is 0 Å². The molecule has 0 fully saturated rings. The molecular weight excluding hydrogens is 301 g/mol. The summed E-state index contributed by atoms with van der Waals surface area (Å²) in [4.78, 5) is 4.40. The molecule has 0 aliphatic carbocycles. The minimum atomic E-state index is 0.0903. The van der Waals surface area contributed by atoms with Crippen LogP contribution in [0.3, 0.4) is 0 Å². The topological polar surface area (TPSA) is 62.8 Å². The van der Waals surface area contributed by atoms with Crippen LogP contribution in [0.15, 0.2) is 24.3 Å². The highest BCUT2D eigenvalue weighted by atomic mass is 127. The van der Waals surface area contributed by atoms with Gasteiger partial charge in [-0.2, -0.15) is 0 Å². The molecular formula is C11H10IN3. The Morgan fingerprint density at radius 1 is 1.40 bits per heavy atom. The molecule has 3 N–H and O–H groups in total. The molecule has 0 bridgehead atoms. The molecule has 2 rings (SSSR count). The molecule has 0 atom stereocenters. The van der Waals surface area contributed by atoms with Crippen LogP contribution in [-0.2, 0) is 0 Å². The van der Waals surface area contributed by atoms with Gasteiger partial charge in [-0.25, -0.2) is 0 Å². The zero-order valence-electron chi connectivity index (χ0n) is 8.21. The smallest absolute Gasteiger partial charge is 0.123 e. The second kappa shape index (κ2) is 3.77. The SMILES string of the molecule is Cc1cc(C(=N)N)c2cc(I)ccc2n1. The van der Waals surface area contributed by atoms with E-state index in [0.717, 1.165) is 25.7 Å². The average molecular weight is 311 g/mol. The standard InChI is InChI=1S/C11H10IN3/c1-6-4-9(11(13)14)8-5-7(12)2-3-10(8)15-6/h2-5H,1H3,(H3,13,14). The van der Waals surface area contributed by atoms with E-state index in [-0.39, 0.29) is 5.84 Å². The number of nitrogens with zero attached hydrogens (tertiary/aromatic N) is 1. The predicted molar refractivity (Wildman–Crippen MR) is 70.2 cm³/mol. The lowest BCUT2D eigenvalue weighted by molar-refractivity contribution is 1.24.